The molecule has 1 heterocycles. The van der Waals surface area contributed by atoms with Crippen molar-refractivity contribution >= 4 is 28.8 Å². The van der Waals surface area contributed by atoms with E-state index in [-0.39, 0.29) is 5.69 Å². The summed E-state index contributed by atoms with van der Waals surface area (Å²) in [5.74, 6) is 1.76. The number of halogens is 1. The molecule has 3 rings (SSSR count). The topological polar surface area (TPSA) is 106 Å². The Balaban J connectivity index is 1.57. The lowest BCUT2D eigenvalue weighted by molar-refractivity contribution is -0.384. The van der Waals surface area contributed by atoms with E-state index >= 15 is 0 Å². The van der Waals surface area contributed by atoms with Gasteiger partial charge >= 0.3 is 5.69 Å². The molecule has 0 radical (unpaired) electrons. The van der Waals surface area contributed by atoms with E-state index in [9.17, 15) is 10.1 Å². The first-order valence-corrected chi connectivity index (χ1v) is 10.5. The lowest BCUT2D eigenvalue weighted by Gasteiger charge is -2.27. The number of nitrogens with zero attached hydrogens (tertiary/aromatic N) is 2. The van der Waals surface area contributed by atoms with Gasteiger partial charge in [-0.15, -0.1) is 0 Å². The van der Waals surface area contributed by atoms with Crippen LogP contribution in [0.2, 0.25) is 5.02 Å². The molecule has 4 N–H and O–H groups in total. The third kappa shape index (κ3) is 6.30. The van der Waals surface area contributed by atoms with Crippen molar-refractivity contribution < 1.29 is 4.92 Å². The molecule has 1 aliphatic carbocycles. The molecule has 0 atom stereocenters. The highest BCUT2D eigenvalue weighted by molar-refractivity contribution is 6.30. The highest BCUT2D eigenvalue weighted by Gasteiger charge is 2.22. The quantitative estimate of drug-likeness (QED) is 0.410. The summed E-state index contributed by atoms with van der Waals surface area (Å²) in [7, 11) is 0. The summed E-state index contributed by atoms with van der Waals surface area (Å²) < 4.78 is 0. The molecule has 7 nitrogen and oxygen atoms in total. The van der Waals surface area contributed by atoms with Gasteiger partial charge in [0.15, 0.2) is 0 Å². The van der Waals surface area contributed by atoms with Gasteiger partial charge in [0.1, 0.15) is 17.7 Å². The summed E-state index contributed by atoms with van der Waals surface area (Å²) in [6, 6.07) is 9.44. The smallest absolute Gasteiger partial charge is 0.310 e. The van der Waals surface area contributed by atoms with Crippen LogP contribution >= 0.6 is 11.6 Å². The highest BCUT2D eigenvalue weighted by atomic mass is 35.5. The van der Waals surface area contributed by atoms with Crippen LogP contribution in [0.15, 0.2) is 36.5 Å². The second-order valence-electron chi connectivity index (χ2n) is 7.65. The van der Waals surface area contributed by atoms with E-state index in [1.807, 2.05) is 24.3 Å². The molecular weight excluding hydrogens is 390 g/mol. The molecule has 0 aliphatic heterocycles. The van der Waals surface area contributed by atoms with Crippen LogP contribution in [0.5, 0.6) is 0 Å². The number of hydrogen-bond donors (Lipinski definition) is 3. The van der Waals surface area contributed by atoms with Gasteiger partial charge in [-0.1, -0.05) is 23.7 Å². The minimum atomic E-state index is -0.392. The van der Waals surface area contributed by atoms with Crippen molar-refractivity contribution in [2.24, 2.45) is 17.6 Å². The number of aromatic nitrogens is 1. The zero-order valence-corrected chi connectivity index (χ0v) is 17.2. The summed E-state index contributed by atoms with van der Waals surface area (Å²) in [6.45, 7) is 2.14. The molecule has 2 aromatic rings. The molecule has 29 heavy (non-hydrogen) atoms. The fourth-order valence-electron chi connectivity index (χ4n) is 3.78. The number of hydrogen-bond acceptors (Lipinski definition) is 6. The van der Waals surface area contributed by atoms with Crippen LogP contribution in [-0.2, 0) is 6.42 Å². The van der Waals surface area contributed by atoms with Crippen molar-refractivity contribution in [2.45, 2.75) is 32.1 Å². The van der Waals surface area contributed by atoms with Crippen LogP contribution in [0.25, 0.3) is 0 Å². The zero-order chi connectivity index (χ0) is 20.6. The average Bonchev–Trinajstić information content (AvgIpc) is 2.72. The minimum absolute atomic E-state index is 0.000959. The van der Waals surface area contributed by atoms with Crippen molar-refractivity contribution in [3.05, 3.63) is 57.2 Å². The summed E-state index contributed by atoms with van der Waals surface area (Å²) in [4.78, 5) is 15.2. The van der Waals surface area contributed by atoms with E-state index in [0.717, 1.165) is 50.8 Å². The van der Waals surface area contributed by atoms with Gasteiger partial charge < -0.3 is 16.4 Å². The van der Waals surface area contributed by atoms with Crippen molar-refractivity contribution in [1.29, 1.82) is 0 Å². The lowest BCUT2D eigenvalue weighted by Crippen LogP contribution is -2.25. The number of nitrogens with one attached hydrogen (secondary N) is 2. The lowest BCUT2D eigenvalue weighted by atomic mass is 9.82. The normalized spacial score (nSPS) is 19.0. The standard InChI is InChI=1S/C21H28ClN5O2/c22-18-3-1-2-15(10-18)8-9-24-21-11-19(20(14-26-21)27(28)29)25-13-17-6-4-16(12-23)5-7-17/h1-3,10-11,14,16-17H,4-9,12-13,23H2,(H2,24,25,26). The Labute approximate surface area is 176 Å². The molecule has 1 aliphatic rings. The third-order valence-corrected chi connectivity index (χ3v) is 5.80. The second kappa shape index (κ2) is 10.4. The molecule has 1 aromatic carbocycles. The van der Waals surface area contributed by atoms with Crippen LogP contribution < -0.4 is 16.4 Å². The number of rotatable bonds is 9. The van der Waals surface area contributed by atoms with E-state index in [1.54, 1.807) is 6.07 Å². The molecule has 1 saturated carbocycles. The van der Waals surface area contributed by atoms with Crippen LogP contribution in [0.1, 0.15) is 31.2 Å². The van der Waals surface area contributed by atoms with Gasteiger partial charge in [0.2, 0.25) is 0 Å². The minimum Gasteiger partial charge on any atom is -0.379 e. The Morgan fingerprint density at radius 1 is 1.17 bits per heavy atom. The van der Waals surface area contributed by atoms with E-state index in [1.165, 1.54) is 6.20 Å². The van der Waals surface area contributed by atoms with Crippen LogP contribution in [0, 0.1) is 22.0 Å². The van der Waals surface area contributed by atoms with Crippen molar-refractivity contribution in [2.75, 3.05) is 30.3 Å². The Kier molecular flexibility index (Phi) is 7.66. The van der Waals surface area contributed by atoms with Crippen LogP contribution in [0.3, 0.4) is 0 Å². The van der Waals surface area contributed by atoms with Gasteiger partial charge in [-0.2, -0.15) is 0 Å². The monoisotopic (exact) mass is 417 g/mol. The zero-order valence-electron chi connectivity index (χ0n) is 16.4. The Hall–Kier alpha value is -2.38. The van der Waals surface area contributed by atoms with Gasteiger partial charge in [-0.3, -0.25) is 10.1 Å². The summed E-state index contributed by atoms with van der Waals surface area (Å²) in [5, 5.41) is 18.6. The SMILES string of the molecule is NCC1CCC(CNc2cc(NCCc3cccc(Cl)c3)ncc2[N+](=O)[O-])CC1. The molecule has 0 unspecified atom stereocenters. The Morgan fingerprint density at radius 2 is 1.93 bits per heavy atom. The molecule has 1 aromatic heterocycles. The molecule has 1 fully saturated rings. The molecule has 0 bridgehead atoms. The van der Waals surface area contributed by atoms with Crippen molar-refractivity contribution in [3.8, 4) is 0 Å². The van der Waals surface area contributed by atoms with E-state index in [0.29, 0.717) is 34.9 Å². The van der Waals surface area contributed by atoms with E-state index < -0.39 is 4.92 Å². The summed E-state index contributed by atoms with van der Waals surface area (Å²) in [6.07, 6.45) is 6.59. The van der Waals surface area contributed by atoms with E-state index in [2.05, 4.69) is 15.6 Å². The summed E-state index contributed by atoms with van der Waals surface area (Å²) in [5.41, 5.74) is 7.39. The molecule has 156 valence electrons. The first kappa shape index (κ1) is 21.3. The largest absolute Gasteiger partial charge is 0.379 e. The number of benzene rings is 1. The maximum atomic E-state index is 11.4. The molecule has 0 spiro atoms. The van der Waals surface area contributed by atoms with Crippen LogP contribution in [0.4, 0.5) is 17.2 Å². The van der Waals surface area contributed by atoms with Gasteiger partial charge in [0.05, 0.1) is 4.92 Å². The van der Waals surface area contributed by atoms with Gasteiger partial charge in [0, 0.05) is 24.2 Å². The number of nitrogens with two attached hydrogens (primary N) is 1. The molecule has 8 heteroatoms. The van der Waals surface area contributed by atoms with Gasteiger partial charge in [-0.05, 0) is 68.2 Å². The number of anilines is 2. The fourth-order valence-corrected chi connectivity index (χ4v) is 4.00. The first-order chi connectivity index (χ1) is 14.0. The van der Waals surface area contributed by atoms with E-state index in [4.69, 9.17) is 17.3 Å². The second-order valence-corrected chi connectivity index (χ2v) is 8.09. The number of nitro groups is 1. The van der Waals surface area contributed by atoms with Gasteiger partial charge in [-0.25, -0.2) is 4.98 Å². The third-order valence-electron chi connectivity index (χ3n) is 5.57. The average molecular weight is 418 g/mol. The Morgan fingerprint density at radius 3 is 2.62 bits per heavy atom. The molecule has 0 saturated heterocycles. The van der Waals surface area contributed by atoms with Gasteiger partial charge in [0.25, 0.3) is 0 Å². The van der Waals surface area contributed by atoms with Crippen LogP contribution in [-0.4, -0.2) is 29.5 Å². The summed E-state index contributed by atoms with van der Waals surface area (Å²) >= 11 is 6.01. The fraction of sp³-hybridized carbons (Fsp3) is 0.476. The maximum absolute atomic E-state index is 11.4. The van der Waals surface area contributed by atoms with Crippen molar-refractivity contribution in [3.63, 3.8) is 0 Å². The molecular formula is C21H28ClN5O2. The van der Waals surface area contributed by atoms with Crippen molar-refractivity contribution in [1.82, 2.24) is 4.98 Å². The first-order valence-electron chi connectivity index (χ1n) is 10.1. The highest BCUT2D eigenvalue weighted by Crippen LogP contribution is 2.30. The Bertz CT molecular complexity index is 824. The predicted octanol–water partition coefficient (Wildman–Crippen LogP) is 4.47. The number of pyridine rings is 1. The molecule has 0 amide bonds. The predicted molar refractivity (Wildman–Crippen MR) is 118 cm³/mol. The maximum Gasteiger partial charge on any atom is 0.310 e.